The molecule has 0 spiro atoms. The summed E-state index contributed by atoms with van der Waals surface area (Å²) in [5, 5.41) is 5.96. The minimum atomic E-state index is -0.368. The van der Waals surface area contributed by atoms with Gasteiger partial charge < -0.3 is 20.1 Å². The van der Waals surface area contributed by atoms with Crippen molar-refractivity contribution < 1.29 is 19.1 Å². The highest BCUT2D eigenvalue weighted by atomic mass is 16.5. The molecule has 2 heterocycles. The zero-order valence-corrected chi connectivity index (χ0v) is 14.4. The van der Waals surface area contributed by atoms with E-state index in [0.29, 0.717) is 26.2 Å². The first kappa shape index (κ1) is 17.9. The van der Waals surface area contributed by atoms with Crippen LogP contribution in [0.5, 0.6) is 0 Å². The van der Waals surface area contributed by atoms with Crippen LogP contribution in [0.4, 0.5) is 0 Å². The van der Waals surface area contributed by atoms with Gasteiger partial charge in [0.25, 0.3) is 0 Å². The molecule has 3 rings (SSSR count). The molecular weight excluding hydrogens is 320 g/mol. The van der Waals surface area contributed by atoms with Crippen molar-refractivity contribution in [3.63, 3.8) is 0 Å². The highest BCUT2D eigenvalue weighted by Crippen LogP contribution is 2.13. The van der Waals surface area contributed by atoms with Gasteiger partial charge in [0.2, 0.25) is 11.8 Å². The van der Waals surface area contributed by atoms with Gasteiger partial charge in [-0.2, -0.15) is 0 Å². The summed E-state index contributed by atoms with van der Waals surface area (Å²) in [7, 11) is 0. The molecule has 1 aromatic carbocycles. The van der Waals surface area contributed by atoms with Gasteiger partial charge in [-0.15, -0.1) is 0 Å². The smallest absolute Gasteiger partial charge is 0.249 e. The maximum atomic E-state index is 12.4. The Hall–Kier alpha value is -1.92. The van der Waals surface area contributed by atoms with E-state index in [4.69, 9.17) is 9.47 Å². The molecule has 3 unspecified atom stereocenters. The first-order valence-corrected chi connectivity index (χ1v) is 9.07. The summed E-state index contributed by atoms with van der Waals surface area (Å²) in [6.07, 6.45) is 3.28. The molecule has 136 valence electrons. The van der Waals surface area contributed by atoms with Crippen LogP contribution in [0.15, 0.2) is 30.3 Å². The predicted octanol–water partition coefficient (Wildman–Crippen LogP) is 1.19. The number of hydrogen-bond acceptors (Lipinski definition) is 4. The average Bonchev–Trinajstić information content (AvgIpc) is 3.33. The maximum Gasteiger partial charge on any atom is 0.249 e. The highest BCUT2D eigenvalue weighted by molar-refractivity contribution is 5.82. The van der Waals surface area contributed by atoms with Crippen molar-refractivity contribution in [1.29, 1.82) is 0 Å². The van der Waals surface area contributed by atoms with Crippen molar-refractivity contribution >= 4 is 11.8 Å². The third-order valence-electron chi connectivity index (χ3n) is 4.64. The molecule has 0 bridgehead atoms. The Morgan fingerprint density at radius 1 is 1.00 bits per heavy atom. The van der Waals surface area contributed by atoms with Crippen LogP contribution in [0, 0.1) is 0 Å². The number of carbonyl (C=O) groups is 2. The first-order chi connectivity index (χ1) is 12.2. The van der Waals surface area contributed by atoms with Crippen LogP contribution >= 0.6 is 0 Å². The summed E-state index contributed by atoms with van der Waals surface area (Å²) in [5.74, 6) is -0.188. The third-order valence-corrected chi connectivity index (χ3v) is 4.64. The van der Waals surface area contributed by atoms with Crippen molar-refractivity contribution in [2.45, 2.75) is 50.4 Å². The van der Waals surface area contributed by atoms with E-state index < -0.39 is 0 Å². The van der Waals surface area contributed by atoms with E-state index in [0.717, 1.165) is 31.2 Å². The Bertz CT molecular complexity index is 566. The van der Waals surface area contributed by atoms with Gasteiger partial charge in [0.1, 0.15) is 12.2 Å². The number of nitrogens with one attached hydrogen (secondary N) is 2. The standard InChI is InChI=1S/C19H26N2O4/c22-18(16-8-4-10-24-16)20-13-15(12-14-6-2-1-3-7-14)21-19(23)17-9-5-11-25-17/h1-3,6-7,15-17H,4-5,8-13H2,(H,20,22)(H,21,23). The molecule has 2 aliphatic rings. The molecule has 25 heavy (non-hydrogen) atoms. The molecule has 0 radical (unpaired) electrons. The second kappa shape index (κ2) is 8.97. The van der Waals surface area contributed by atoms with E-state index in [-0.39, 0.29) is 30.1 Å². The first-order valence-electron chi connectivity index (χ1n) is 9.07. The molecule has 6 nitrogen and oxygen atoms in total. The Labute approximate surface area is 148 Å². The van der Waals surface area contributed by atoms with Gasteiger partial charge in [-0.25, -0.2) is 0 Å². The van der Waals surface area contributed by atoms with Crippen molar-refractivity contribution in [2.24, 2.45) is 0 Å². The van der Waals surface area contributed by atoms with Crippen molar-refractivity contribution in [3.8, 4) is 0 Å². The number of rotatable bonds is 7. The number of amides is 2. The fourth-order valence-corrected chi connectivity index (χ4v) is 3.27. The van der Waals surface area contributed by atoms with E-state index in [9.17, 15) is 9.59 Å². The molecule has 3 atom stereocenters. The van der Waals surface area contributed by atoms with Crippen molar-refractivity contribution in [1.82, 2.24) is 10.6 Å². The zero-order valence-electron chi connectivity index (χ0n) is 14.4. The lowest BCUT2D eigenvalue weighted by Crippen LogP contribution is -2.49. The van der Waals surface area contributed by atoms with Crippen LogP contribution in [0.2, 0.25) is 0 Å². The van der Waals surface area contributed by atoms with E-state index in [1.165, 1.54) is 0 Å². The lowest BCUT2D eigenvalue weighted by Gasteiger charge is -2.22. The summed E-state index contributed by atoms with van der Waals surface area (Å²) >= 11 is 0. The Morgan fingerprint density at radius 2 is 1.64 bits per heavy atom. The van der Waals surface area contributed by atoms with Gasteiger partial charge in [0, 0.05) is 19.8 Å². The minimum absolute atomic E-state index is 0.0928. The van der Waals surface area contributed by atoms with Gasteiger partial charge in [0.05, 0.1) is 6.04 Å². The van der Waals surface area contributed by atoms with Crippen LogP contribution in [-0.4, -0.2) is 49.8 Å². The van der Waals surface area contributed by atoms with Gasteiger partial charge in [-0.1, -0.05) is 30.3 Å². The van der Waals surface area contributed by atoms with Gasteiger partial charge in [-0.05, 0) is 37.7 Å². The Morgan fingerprint density at radius 3 is 2.24 bits per heavy atom. The minimum Gasteiger partial charge on any atom is -0.368 e. The maximum absolute atomic E-state index is 12.4. The summed E-state index contributed by atoms with van der Waals surface area (Å²) in [6, 6.07) is 9.77. The van der Waals surface area contributed by atoms with Crippen LogP contribution in [-0.2, 0) is 25.5 Å². The van der Waals surface area contributed by atoms with E-state index in [1.807, 2.05) is 30.3 Å². The molecule has 0 aromatic heterocycles. The fraction of sp³-hybridized carbons (Fsp3) is 0.579. The number of ether oxygens (including phenoxy) is 2. The van der Waals surface area contributed by atoms with Crippen LogP contribution in [0.25, 0.3) is 0 Å². The predicted molar refractivity (Wildman–Crippen MR) is 93.0 cm³/mol. The lowest BCUT2D eigenvalue weighted by molar-refractivity contribution is -0.132. The number of carbonyl (C=O) groups excluding carboxylic acids is 2. The van der Waals surface area contributed by atoms with E-state index >= 15 is 0 Å². The number of hydrogen-bond donors (Lipinski definition) is 2. The molecule has 2 saturated heterocycles. The van der Waals surface area contributed by atoms with Crippen LogP contribution in [0.3, 0.4) is 0 Å². The number of benzene rings is 1. The van der Waals surface area contributed by atoms with Gasteiger partial charge >= 0.3 is 0 Å². The molecule has 2 amide bonds. The molecular formula is C19H26N2O4. The van der Waals surface area contributed by atoms with Crippen LogP contribution < -0.4 is 10.6 Å². The monoisotopic (exact) mass is 346 g/mol. The second-order valence-corrected chi connectivity index (χ2v) is 6.64. The molecule has 2 fully saturated rings. The lowest BCUT2D eigenvalue weighted by atomic mass is 10.0. The third kappa shape index (κ3) is 5.28. The molecule has 1 aromatic rings. The van der Waals surface area contributed by atoms with Crippen molar-refractivity contribution in [3.05, 3.63) is 35.9 Å². The zero-order chi connectivity index (χ0) is 17.5. The van der Waals surface area contributed by atoms with E-state index in [2.05, 4.69) is 10.6 Å². The average molecular weight is 346 g/mol. The Balaban J connectivity index is 1.56. The molecule has 0 saturated carbocycles. The Kier molecular flexibility index (Phi) is 6.42. The summed E-state index contributed by atoms with van der Waals surface area (Å²) < 4.78 is 10.9. The largest absolute Gasteiger partial charge is 0.368 e. The molecule has 6 heteroatoms. The normalized spacial score (nSPS) is 24.0. The quantitative estimate of drug-likeness (QED) is 0.777. The topological polar surface area (TPSA) is 76.7 Å². The summed E-state index contributed by atoms with van der Waals surface area (Å²) in [5.41, 5.74) is 1.12. The van der Waals surface area contributed by atoms with Crippen LogP contribution in [0.1, 0.15) is 31.2 Å². The molecule has 0 aliphatic carbocycles. The van der Waals surface area contributed by atoms with Crippen molar-refractivity contribution in [2.75, 3.05) is 19.8 Å². The summed E-state index contributed by atoms with van der Waals surface area (Å²) in [6.45, 7) is 1.66. The van der Waals surface area contributed by atoms with Gasteiger partial charge in [0.15, 0.2) is 0 Å². The summed E-state index contributed by atoms with van der Waals surface area (Å²) in [4.78, 5) is 24.5. The molecule has 2 N–H and O–H groups in total. The van der Waals surface area contributed by atoms with Gasteiger partial charge in [-0.3, -0.25) is 9.59 Å². The van der Waals surface area contributed by atoms with E-state index in [1.54, 1.807) is 0 Å². The SMILES string of the molecule is O=C(NCC(Cc1ccccc1)NC(=O)C1CCCO1)C1CCCO1. The highest BCUT2D eigenvalue weighted by Gasteiger charge is 2.27. The molecule has 2 aliphatic heterocycles. The second-order valence-electron chi connectivity index (χ2n) is 6.64. The fourth-order valence-electron chi connectivity index (χ4n) is 3.27.